The Morgan fingerprint density at radius 3 is 2.64 bits per heavy atom. The molecule has 0 unspecified atom stereocenters. The van der Waals surface area contributed by atoms with Gasteiger partial charge in [0.2, 0.25) is 5.89 Å². The van der Waals surface area contributed by atoms with Gasteiger partial charge in [-0.1, -0.05) is 5.16 Å². The maximum absolute atomic E-state index is 5.75. The molecule has 8 nitrogen and oxygen atoms in total. The van der Waals surface area contributed by atoms with Gasteiger partial charge in [0.25, 0.3) is 0 Å². The fourth-order valence-electron chi connectivity index (χ4n) is 3.45. The lowest BCUT2D eigenvalue weighted by molar-refractivity contribution is 0.365. The van der Waals surface area contributed by atoms with Crippen molar-refractivity contribution >= 4 is 22.7 Å². The first-order chi connectivity index (χ1) is 12.3. The van der Waals surface area contributed by atoms with Gasteiger partial charge in [-0.3, -0.25) is 0 Å². The van der Waals surface area contributed by atoms with Crippen LogP contribution >= 0.6 is 0 Å². The van der Waals surface area contributed by atoms with Gasteiger partial charge in [-0.25, -0.2) is 15.0 Å². The summed E-state index contributed by atoms with van der Waals surface area (Å²) < 4.78 is 5.41. The normalized spacial score (nSPS) is 18.8. The summed E-state index contributed by atoms with van der Waals surface area (Å²) in [7, 11) is 0. The Kier molecular flexibility index (Phi) is 3.29. The standard InChI is InChI=1S/C17H19N7O/c18-13-4-3-12-15(21-13)19-9-20-16(12)24-7-5-10(6-8-24)14-22-17(25-23-14)11-1-2-11/h3-4,9-11H,1-2,5-8H2,(H2,18,19,20,21). The lowest BCUT2D eigenvalue weighted by Gasteiger charge is -2.31. The van der Waals surface area contributed by atoms with Crippen LogP contribution in [0.5, 0.6) is 0 Å². The Morgan fingerprint density at radius 1 is 1.00 bits per heavy atom. The largest absolute Gasteiger partial charge is 0.384 e. The summed E-state index contributed by atoms with van der Waals surface area (Å²) in [5.74, 6) is 3.94. The van der Waals surface area contributed by atoms with E-state index in [1.165, 1.54) is 12.8 Å². The van der Waals surface area contributed by atoms with Crippen LogP contribution in [0.4, 0.5) is 11.6 Å². The van der Waals surface area contributed by atoms with E-state index in [1.807, 2.05) is 6.07 Å². The highest BCUT2D eigenvalue weighted by atomic mass is 16.5. The van der Waals surface area contributed by atoms with E-state index in [9.17, 15) is 0 Å². The van der Waals surface area contributed by atoms with Crippen molar-refractivity contribution in [1.29, 1.82) is 0 Å². The Morgan fingerprint density at radius 2 is 1.84 bits per heavy atom. The molecule has 1 saturated heterocycles. The summed E-state index contributed by atoms with van der Waals surface area (Å²) in [5, 5.41) is 5.14. The van der Waals surface area contributed by atoms with Crippen molar-refractivity contribution in [2.24, 2.45) is 0 Å². The predicted molar refractivity (Wildman–Crippen MR) is 92.2 cm³/mol. The second-order valence-corrected chi connectivity index (χ2v) is 6.83. The van der Waals surface area contributed by atoms with E-state index in [1.54, 1.807) is 12.4 Å². The van der Waals surface area contributed by atoms with Crippen LogP contribution in [-0.2, 0) is 0 Å². The average Bonchev–Trinajstić information content (AvgIpc) is 3.38. The molecule has 25 heavy (non-hydrogen) atoms. The number of anilines is 2. The fraction of sp³-hybridized carbons (Fsp3) is 0.471. The van der Waals surface area contributed by atoms with Crippen molar-refractivity contribution in [2.45, 2.75) is 37.5 Å². The molecule has 8 heteroatoms. The summed E-state index contributed by atoms with van der Waals surface area (Å²) in [6.45, 7) is 1.79. The van der Waals surface area contributed by atoms with Gasteiger partial charge >= 0.3 is 0 Å². The number of rotatable bonds is 3. The van der Waals surface area contributed by atoms with E-state index in [0.717, 1.165) is 48.9 Å². The summed E-state index contributed by atoms with van der Waals surface area (Å²) in [6, 6.07) is 3.74. The highest BCUT2D eigenvalue weighted by molar-refractivity contribution is 5.87. The Hall–Kier alpha value is -2.77. The number of pyridine rings is 1. The first-order valence-electron chi connectivity index (χ1n) is 8.73. The van der Waals surface area contributed by atoms with Gasteiger partial charge in [0.05, 0.1) is 5.39 Å². The van der Waals surface area contributed by atoms with Gasteiger partial charge in [-0.05, 0) is 37.8 Å². The number of piperidine rings is 1. The van der Waals surface area contributed by atoms with Crippen LogP contribution in [0.25, 0.3) is 11.0 Å². The molecule has 0 atom stereocenters. The molecule has 0 aromatic carbocycles. The number of nitrogens with two attached hydrogens (primary N) is 1. The monoisotopic (exact) mass is 337 g/mol. The minimum absolute atomic E-state index is 0.356. The summed E-state index contributed by atoms with van der Waals surface area (Å²) in [4.78, 5) is 19.9. The maximum Gasteiger partial charge on any atom is 0.229 e. The number of hydrogen-bond donors (Lipinski definition) is 1. The zero-order chi connectivity index (χ0) is 16.8. The smallest absolute Gasteiger partial charge is 0.229 e. The molecule has 4 heterocycles. The van der Waals surface area contributed by atoms with Crippen LogP contribution in [-0.4, -0.2) is 38.2 Å². The number of nitrogens with zero attached hydrogens (tertiary/aromatic N) is 6. The van der Waals surface area contributed by atoms with E-state index < -0.39 is 0 Å². The fourth-order valence-corrected chi connectivity index (χ4v) is 3.45. The molecule has 5 rings (SSSR count). The van der Waals surface area contributed by atoms with Gasteiger partial charge in [0.1, 0.15) is 18.0 Å². The third kappa shape index (κ3) is 2.67. The molecule has 3 aromatic rings. The first-order valence-corrected chi connectivity index (χ1v) is 8.73. The maximum atomic E-state index is 5.75. The van der Waals surface area contributed by atoms with Crippen molar-refractivity contribution in [3.8, 4) is 0 Å². The molecule has 1 aliphatic heterocycles. The second kappa shape index (κ2) is 5.65. The van der Waals surface area contributed by atoms with Crippen molar-refractivity contribution in [1.82, 2.24) is 25.1 Å². The molecule has 3 aromatic heterocycles. The van der Waals surface area contributed by atoms with Gasteiger partial charge in [-0.15, -0.1) is 0 Å². The Bertz CT molecular complexity index is 912. The molecule has 1 aliphatic carbocycles. The van der Waals surface area contributed by atoms with Crippen LogP contribution < -0.4 is 10.6 Å². The minimum Gasteiger partial charge on any atom is -0.384 e. The number of hydrogen-bond acceptors (Lipinski definition) is 8. The number of nitrogen functional groups attached to an aromatic ring is 1. The van der Waals surface area contributed by atoms with E-state index >= 15 is 0 Å². The van der Waals surface area contributed by atoms with Gasteiger partial charge < -0.3 is 15.2 Å². The number of fused-ring (bicyclic) bond motifs is 1. The predicted octanol–water partition coefficient (Wildman–Crippen LogP) is 2.25. The molecule has 2 N–H and O–H groups in total. The average molecular weight is 337 g/mol. The highest BCUT2D eigenvalue weighted by Gasteiger charge is 2.32. The summed E-state index contributed by atoms with van der Waals surface area (Å²) >= 11 is 0. The molecule has 2 fully saturated rings. The number of aromatic nitrogens is 5. The highest BCUT2D eigenvalue weighted by Crippen LogP contribution is 2.40. The van der Waals surface area contributed by atoms with E-state index in [0.29, 0.717) is 23.3 Å². The van der Waals surface area contributed by atoms with E-state index in [4.69, 9.17) is 10.3 Å². The molecule has 0 amide bonds. The van der Waals surface area contributed by atoms with Crippen LogP contribution in [0.15, 0.2) is 23.0 Å². The minimum atomic E-state index is 0.356. The topological polar surface area (TPSA) is 107 Å². The Labute approximate surface area is 144 Å². The van der Waals surface area contributed by atoms with Gasteiger partial charge in [0.15, 0.2) is 11.5 Å². The van der Waals surface area contributed by atoms with E-state index in [-0.39, 0.29) is 0 Å². The summed E-state index contributed by atoms with van der Waals surface area (Å²) in [5.41, 5.74) is 6.39. The van der Waals surface area contributed by atoms with Crippen LogP contribution in [0.1, 0.15) is 49.2 Å². The zero-order valence-electron chi connectivity index (χ0n) is 13.8. The SMILES string of the molecule is Nc1ccc2c(N3CCC(c4noc(C5CC5)n4)CC3)ncnc2n1. The third-order valence-electron chi connectivity index (χ3n) is 5.04. The molecule has 0 spiro atoms. The second-order valence-electron chi connectivity index (χ2n) is 6.83. The first kappa shape index (κ1) is 14.6. The van der Waals surface area contributed by atoms with Crippen LogP contribution in [0.3, 0.4) is 0 Å². The molecular formula is C17H19N7O. The van der Waals surface area contributed by atoms with Crippen LogP contribution in [0.2, 0.25) is 0 Å². The van der Waals surface area contributed by atoms with Crippen molar-refractivity contribution in [3.63, 3.8) is 0 Å². The van der Waals surface area contributed by atoms with Crippen molar-refractivity contribution < 1.29 is 4.52 Å². The van der Waals surface area contributed by atoms with Gasteiger partial charge in [0, 0.05) is 24.9 Å². The molecule has 0 bridgehead atoms. The molecule has 0 radical (unpaired) electrons. The zero-order valence-corrected chi connectivity index (χ0v) is 13.8. The molecular weight excluding hydrogens is 318 g/mol. The summed E-state index contributed by atoms with van der Waals surface area (Å²) in [6.07, 6.45) is 5.88. The quantitative estimate of drug-likeness (QED) is 0.775. The van der Waals surface area contributed by atoms with E-state index in [2.05, 4.69) is 30.0 Å². The van der Waals surface area contributed by atoms with Crippen molar-refractivity contribution in [2.75, 3.05) is 23.7 Å². The van der Waals surface area contributed by atoms with Crippen LogP contribution in [0, 0.1) is 0 Å². The molecule has 1 saturated carbocycles. The molecule has 2 aliphatic rings. The van der Waals surface area contributed by atoms with Crippen molar-refractivity contribution in [3.05, 3.63) is 30.2 Å². The van der Waals surface area contributed by atoms with Gasteiger partial charge in [-0.2, -0.15) is 4.98 Å². The lowest BCUT2D eigenvalue weighted by atomic mass is 9.96. The molecule has 128 valence electrons. The third-order valence-corrected chi connectivity index (χ3v) is 5.04. The Balaban J connectivity index is 1.34. The lowest BCUT2D eigenvalue weighted by Crippen LogP contribution is -2.34.